The van der Waals surface area contributed by atoms with Crippen LogP contribution in [0.25, 0.3) is 0 Å². The number of carboxylic acids is 1. The van der Waals surface area contributed by atoms with Crippen LogP contribution in [0.4, 0.5) is 11.6 Å². The molecule has 0 spiro atoms. The average molecular weight is 262 g/mol. The highest BCUT2D eigenvalue weighted by Gasteiger charge is 2.11. The first kappa shape index (κ1) is 12.6. The van der Waals surface area contributed by atoms with Crippen molar-refractivity contribution in [2.24, 2.45) is 0 Å². The highest BCUT2D eigenvalue weighted by molar-refractivity contribution is 5.91. The Morgan fingerprint density at radius 3 is 2.37 bits per heavy atom. The summed E-state index contributed by atoms with van der Waals surface area (Å²) in [6.45, 7) is 1.62. The summed E-state index contributed by atoms with van der Waals surface area (Å²) in [5, 5.41) is 30.0. The summed E-state index contributed by atoms with van der Waals surface area (Å²) in [5.74, 6) is -1.14. The molecule has 0 fully saturated rings. The number of carbonyl (C=O) groups is 1. The quantitative estimate of drug-likeness (QED) is 0.645. The number of anilines is 2. The molecule has 0 aliphatic rings. The van der Waals surface area contributed by atoms with E-state index in [1.165, 1.54) is 6.07 Å². The van der Waals surface area contributed by atoms with E-state index in [2.05, 4.69) is 20.3 Å². The van der Waals surface area contributed by atoms with Crippen LogP contribution in [0.3, 0.4) is 0 Å². The zero-order valence-corrected chi connectivity index (χ0v) is 9.82. The monoisotopic (exact) mass is 262 g/mol. The molecule has 1 aromatic heterocycles. The number of carboxylic acid groups (broad SMARTS) is 1. The molecule has 8 nitrogen and oxygen atoms in total. The topological polar surface area (TPSA) is 128 Å². The first-order valence-electron chi connectivity index (χ1n) is 5.21. The molecular weight excluding hydrogens is 252 g/mol. The molecule has 0 aliphatic heterocycles. The Balaban J connectivity index is 2.38. The third kappa shape index (κ3) is 2.68. The average Bonchev–Trinajstić information content (AvgIpc) is 2.30. The molecule has 2 rings (SSSR count). The Labute approximate surface area is 107 Å². The van der Waals surface area contributed by atoms with Crippen LogP contribution in [0.15, 0.2) is 18.2 Å². The van der Waals surface area contributed by atoms with Crippen LogP contribution in [0, 0.1) is 6.92 Å². The molecule has 4 N–H and O–H groups in total. The Kier molecular flexibility index (Phi) is 3.15. The summed E-state index contributed by atoms with van der Waals surface area (Å²) in [6, 6.07) is 3.37. The smallest absolute Gasteiger partial charge is 0.336 e. The van der Waals surface area contributed by atoms with Gasteiger partial charge in [0.2, 0.25) is 5.95 Å². The Hall–Kier alpha value is -2.90. The Morgan fingerprint density at radius 2 is 1.79 bits per heavy atom. The number of nitrogens with zero attached hydrogens (tertiary/aromatic N) is 3. The third-order valence-electron chi connectivity index (χ3n) is 2.42. The number of nitrogens with one attached hydrogen (secondary N) is 1. The molecule has 0 radical (unpaired) electrons. The van der Waals surface area contributed by atoms with Crippen molar-refractivity contribution >= 4 is 17.6 Å². The molecule has 0 saturated heterocycles. The summed E-state index contributed by atoms with van der Waals surface area (Å²) < 4.78 is 0. The fourth-order valence-corrected chi connectivity index (χ4v) is 1.53. The maximum absolute atomic E-state index is 11.0. The van der Waals surface area contributed by atoms with Gasteiger partial charge in [-0.25, -0.2) is 4.79 Å². The second kappa shape index (κ2) is 4.77. The summed E-state index contributed by atoms with van der Waals surface area (Å²) in [4.78, 5) is 21.3. The lowest BCUT2D eigenvalue weighted by atomic mass is 10.1. The molecule has 8 heteroatoms. The fourth-order valence-electron chi connectivity index (χ4n) is 1.53. The molecular formula is C11H10N4O4. The fraction of sp³-hybridized carbons (Fsp3) is 0.0909. The van der Waals surface area contributed by atoms with Crippen LogP contribution in [-0.4, -0.2) is 36.2 Å². The molecule has 1 heterocycles. The maximum Gasteiger partial charge on any atom is 0.336 e. The van der Waals surface area contributed by atoms with Crippen LogP contribution in [0.1, 0.15) is 15.9 Å². The largest absolute Gasteiger partial charge is 0.479 e. The minimum absolute atomic E-state index is 0.0874. The Bertz CT molecular complexity index is 624. The number of hydrogen-bond donors (Lipinski definition) is 4. The second-order valence-corrected chi connectivity index (χ2v) is 3.67. The van der Waals surface area contributed by atoms with Gasteiger partial charge in [-0.15, -0.1) is 4.98 Å². The zero-order valence-electron chi connectivity index (χ0n) is 9.82. The highest BCUT2D eigenvalue weighted by atomic mass is 16.4. The molecule has 0 amide bonds. The number of rotatable bonds is 3. The van der Waals surface area contributed by atoms with Crippen LogP contribution in [0.2, 0.25) is 0 Å². The van der Waals surface area contributed by atoms with Gasteiger partial charge in [0.25, 0.3) is 0 Å². The minimum Gasteiger partial charge on any atom is -0.479 e. The van der Waals surface area contributed by atoms with Crippen LogP contribution >= 0.6 is 0 Å². The molecule has 98 valence electrons. The molecule has 0 unspecified atom stereocenters. The maximum atomic E-state index is 11.0. The van der Waals surface area contributed by atoms with E-state index in [1.54, 1.807) is 19.1 Å². The zero-order chi connectivity index (χ0) is 14.0. The van der Waals surface area contributed by atoms with E-state index in [0.717, 1.165) is 0 Å². The lowest BCUT2D eigenvalue weighted by Crippen LogP contribution is -2.04. The number of aromatic nitrogens is 3. The second-order valence-electron chi connectivity index (χ2n) is 3.67. The minimum atomic E-state index is -1.05. The lowest BCUT2D eigenvalue weighted by molar-refractivity contribution is 0.0696. The van der Waals surface area contributed by atoms with Gasteiger partial charge >= 0.3 is 18.0 Å². The summed E-state index contributed by atoms with van der Waals surface area (Å²) >= 11 is 0. The molecule has 19 heavy (non-hydrogen) atoms. The molecule has 0 aliphatic carbocycles. The van der Waals surface area contributed by atoms with E-state index in [1.807, 2.05) is 0 Å². The van der Waals surface area contributed by atoms with Crippen molar-refractivity contribution in [2.45, 2.75) is 6.92 Å². The number of aromatic carboxylic acids is 1. The van der Waals surface area contributed by atoms with E-state index in [0.29, 0.717) is 11.3 Å². The van der Waals surface area contributed by atoms with Gasteiger partial charge in [-0.1, -0.05) is 6.07 Å². The van der Waals surface area contributed by atoms with Crippen molar-refractivity contribution in [3.63, 3.8) is 0 Å². The third-order valence-corrected chi connectivity index (χ3v) is 2.42. The van der Waals surface area contributed by atoms with Crippen LogP contribution < -0.4 is 5.32 Å². The van der Waals surface area contributed by atoms with Crippen molar-refractivity contribution in [1.29, 1.82) is 0 Å². The highest BCUT2D eigenvalue weighted by Crippen LogP contribution is 2.22. The van der Waals surface area contributed by atoms with Crippen LogP contribution in [-0.2, 0) is 0 Å². The van der Waals surface area contributed by atoms with Crippen molar-refractivity contribution in [2.75, 3.05) is 5.32 Å². The van der Waals surface area contributed by atoms with E-state index in [9.17, 15) is 4.79 Å². The van der Waals surface area contributed by atoms with Gasteiger partial charge in [-0.3, -0.25) is 0 Å². The van der Waals surface area contributed by atoms with E-state index in [-0.39, 0.29) is 11.5 Å². The summed E-state index contributed by atoms with van der Waals surface area (Å²) in [6.07, 6.45) is 0. The Morgan fingerprint density at radius 1 is 1.16 bits per heavy atom. The number of benzene rings is 1. The van der Waals surface area contributed by atoms with Crippen molar-refractivity contribution in [1.82, 2.24) is 15.0 Å². The number of hydrogen-bond acceptors (Lipinski definition) is 7. The van der Waals surface area contributed by atoms with Gasteiger partial charge in [0.1, 0.15) is 0 Å². The van der Waals surface area contributed by atoms with E-state index in [4.69, 9.17) is 15.3 Å². The van der Waals surface area contributed by atoms with Crippen molar-refractivity contribution in [3.8, 4) is 12.0 Å². The molecule has 2 aromatic rings. The van der Waals surface area contributed by atoms with Crippen molar-refractivity contribution in [3.05, 3.63) is 29.3 Å². The van der Waals surface area contributed by atoms with Gasteiger partial charge in [0.05, 0.1) is 5.56 Å². The first-order chi connectivity index (χ1) is 8.97. The molecule has 0 bridgehead atoms. The standard InChI is InChI=1S/C11H10N4O4/c1-5-6(8(16)17)3-2-4-7(5)12-9-13-10(18)15-11(19)14-9/h2-4H,1H3,(H,16,17)(H3,12,13,14,15,18,19). The summed E-state index contributed by atoms with van der Waals surface area (Å²) in [7, 11) is 0. The van der Waals surface area contributed by atoms with Gasteiger partial charge in [0.15, 0.2) is 0 Å². The lowest BCUT2D eigenvalue weighted by Gasteiger charge is -2.10. The van der Waals surface area contributed by atoms with Gasteiger partial charge in [-0.2, -0.15) is 9.97 Å². The van der Waals surface area contributed by atoms with Crippen LogP contribution in [0.5, 0.6) is 12.0 Å². The van der Waals surface area contributed by atoms with Gasteiger partial charge in [-0.05, 0) is 24.6 Å². The predicted molar refractivity (Wildman–Crippen MR) is 64.6 cm³/mol. The normalized spacial score (nSPS) is 10.2. The summed E-state index contributed by atoms with van der Waals surface area (Å²) in [5.41, 5.74) is 1.06. The number of aromatic hydroxyl groups is 2. The molecule has 1 aromatic carbocycles. The van der Waals surface area contributed by atoms with E-state index >= 15 is 0 Å². The SMILES string of the molecule is Cc1c(Nc2nc(O)nc(O)n2)cccc1C(=O)O. The molecule has 0 atom stereocenters. The molecule has 0 saturated carbocycles. The van der Waals surface area contributed by atoms with Crippen molar-refractivity contribution < 1.29 is 20.1 Å². The van der Waals surface area contributed by atoms with Gasteiger partial charge in [0, 0.05) is 5.69 Å². The van der Waals surface area contributed by atoms with E-state index < -0.39 is 18.0 Å². The van der Waals surface area contributed by atoms with Gasteiger partial charge < -0.3 is 20.6 Å². The first-order valence-corrected chi connectivity index (χ1v) is 5.21. The predicted octanol–water partition coefficient (Wildman–Crippen LogP) is 1.03.